The molecule has 0 spiro atoms. The first kappa shape index (κ1) is 16.8. The van der Waals surface area contributed by atoms with Crippen molar-refractivity contribution in [3.05, 3.63) is 30.0 Å². The molecular weight excluding hydrogens is 321 g/mol. The standard InChI is InChI=1S/C17H19F3N2O2/c1-24-13-4-5-15-14(8-13)11(9-21-15)7-12-3-2-6-22(12)10-16(23)17(18,19)20/h4-5,8-9,12,21H,2-3,6-7,10H2,1H3. The van der Waals surface area contributed by atoms with Crippen molar-refractivity contribution in [3.8, 4) is 5.75 Å². The normalized spacial score (nSPS) is 19.1. The predicted octanol–water partition coefficient (Wildman–Crippen LogP) is 3.31. The van der Waals surface area contributed by atoms with E-state index in [0.717, 1.165) is 35.1 Å². The number of H-pyrrole nitrogens is 1. The molecule has 2 heterocycles. The van der Waals surface area contributed by atoms with Crippen LogP contribution in [0.15, 0.2) is 24.4 Å². The topological polar surface area (TPSA) is 45.3 Å². The number of hydrogen-bond donors (Lipinski definition) is 1. The molecule has 0 amide bonds. The largest absolute Gasteiger partial charge is 0.497 e. The Kier molecular flexibility index (Phi) is 4.54. The van der Waals surface area contributed by atoms with Crippen LogP contribution in [-0.2, 0) is 11.2 Å². The van der Waals surface area contributed by atoms with E-state index in [1.54, 1.807) is 12.0 Å². The second-order valence-corrected chi connectivity index (χ2v) is 6.12. The molecule has 0 saturated carbocycles. The lowest BCUT2D eigenvalue weighted by molar-refractivity contribution is -0.172. The van der Waals surface area contributed by atoms with Gasteiger partial charge >= 0.3 is 6.18 Å². The van der Waals surface area contributed by atoms with Gasteiger partial charge in [0.2, 0.25) is 5.78 Å². The third-order valence-electron chi connectivity index (χ3n) is 4.59. The summed E-state index contributed by atoms with van der Waals surface area (Å²) in [5.41, 5.74) is 1.99. The average Bonchev–Trinajstić information content (AvgIpc) is 3.14. The van der Waals surface area contributed by atoms with Crippen molar-refractivity contribution in [2.24, 2.45) is 0 Å². The molecule has 130 valence electrons. The van der Waals surface area contributed by atoms with Crippen molar-refractivity contribution in [1.29, 1.82) is 0 Å². The number of carbonyl (C=O) groups is 1. The Morgan fingerprint density at radius 3 is 2.92 bits per heavy atom. The Balaban J connectivity index is 1.76. The Labute approximate surface area is 137 Å². The third kappa shape index (κ3) is 3.40. The van der Waals surface area contributed by atoms with Gasteiger partial charge in [-0.15, -0.1) is 0 Å². The van der Waals surface area contributed by atoms with Gasteiger partial charge < -0.3 is 9.72 Å². The highest BCUT2D eigenvalue weighted by atomic mass is 19.4. The second kappa shape index (κ2) is 6.47. The van der Waals surface area contributed by atoms with E-state index in [2.05, 4.69) is 4.98 Å². The Morgan fingerprint density at radius 1 is 1.42 bits per heavy atom. The number of alkyl halides is 3. The summed E-state index contributed by atoms with van der Waals surface area (Å²) in [6.07, 6.45) is -0.672. The van der Waals surface area contributed by atoms with E-state index in [4.69, 9.17) is 4.74 Å². The lowest BCUT2D eigenvalue weighted by Crippen LogP contribution is -2.40. The third-order valence-corrected chi connectivity index (χ3v) is 4.59. The van der Waals surface area contributed by atoms with E-state index in [-0.39, 0.29) is 6.04 Å². The maximum Gasteiger partial charge on any atom is 0.451 e. The number of aromatic amines is 1. The van der Waals surface area contributed by atoms with Gasteiger partial charge in [-0.25, -0.2) is 0 Å². The fourth-order valence-electron chi connectivity index (χ4n) is 3.32. The molecule has 3 rings (SSSR count). The van der Waals surface area contributed by atoms with Crippen LogP contribution >= 0.6 is 0 Å². The minimum absolute atomic E-state index is 0.0542. The van der Waals surface area contributed by atoms with E-state index < -0.39 is 18.5 Å². The van der Waals surface area contributed by atoms with Crippen LogP contribution < -0.4 is 4.74 Å². The fraction of sp³-hybridized carbons (Fsp3) is 0.471. The SMILES string of the molecule is COc1ccc2[nH]cc(CC3CCCN3CC(=O)C(F)(F)F)c2c1. The molecule has 0 bridgehead atoms. The lowest BCUT2D eigenvalue weighted by Gasteiger charge is -2.24. The number of carbonyl (C=O) groups excluding carboxylic acids is 1. The number of rotatable bonds is 5. The van der Waals surface area contributed by atoms with Gasteiger partial charge in [-0.2, -0.15) is 13.2 Å². The second-order valence-electron chi connectivity index (χ2n) is 6.12. The van der Waals surface area contributed by atoms with E-state index in [0.29, 0.717) is 13.0 Å². The van der Waals surface area contributed by atoms with E-state index in [9.17, 15) is 18.0 Å². The zero-order chi connectivity index (χ0) is 17.3. The molecule has 1 aromatic heterocycles. The van der Waals surface area contributed by atoms with Gasteiger partial charge in [-0.1, -0.05) is 0 Å². The summed E-state index contributed by atoms with van der Waals surface area (Å²) in [4.78, 5) is 16.1. The van der Waals surface area contributed by atoms with E-state index in [1.165, 1.54) is 0 Å². The molecule has 1 saturated heterocycles. The van der Waals surface area contributed by atoms with Crippen molar-refractivity contribution in [3.63, 3.8) is 0 Å². The summed E-state index contributed by atoms with van der Waals surface area (Å²) in [5.74, 6) is -0.936. The molecule has 1 fully saturated rings. The summed E-state index contributed by atoms with van der Waals surface area (Å²) >= 11 is 0. The number of benzene rings is 1. The summed E-state index contributed by atoms with van der Waals surface area (Å²) in [7, 11) is 1.59. The monoisotopic (exact) mass is 340 g/mol. The molecule has 4 nitrogen and oxygen atoms in total. The smallest absolute Gasteiger partial charge is 0.451 e. The molecule has 1 unspecified atom stereocenters. The first-order valence-electron chi connectivity index (χ1n) is 7.86. The van der Waals surface area contributed by atoms with Gasteiger partial charge in [0.15, 0.2) is 0 Å². The lowest BCUT2D eigenvalue weighted by atomic mass is 10.0. The molecule has 1 N–H and O–H groups in total. The highest BCUT2D eigenvalue weighted by Crippen LogP contribution is 2.28. The number of hydrogen-bond acceptors (Lipinski definition) is 3. The molecule has 7 heteroatoms. The predicted molar refractivity (Wildman–Crippen MR) is 84.2 cm³/mol. The Hall–Kier alpha value is -2.02. The average molecular weight is 340 g/mol. The van der Waals surface area contributed by atoms with Crippen molar-refractivity contribution in [1.82, 2.24) is 9.88 Å². The van der Waals surface area contributed by atoms with Crippen LogP contribution in [-0.4, -0.2) is 48.1 Å². The number of fused-ring (bicyclic) bond motifs is 1. The van der Waals surface area contributed by atoms with Gasteiger partial charge in [-0.3, -0.25) is 9.69 Å². The zero-order valence-corrected chi connectivity index (χ0v) is 13.3. The van der Waals surface area contributed by atoms with Gasteiger partial charge in [-0.05, 0) is 49.6 Å². The Morgan fingerprint density at radius 2 is 2.21 bits per heavy atom. The van der Waals surface area contributed by atoms with Crippen molar-refractivity contribution >= 4 is 16.7 Å². The number of halogens is 3. The van der Waals surface area contributed by atoms with Gasteiger partial charge in [0.1, 0.15) is 5.75 Å². The van der Waals surface area contributed by atoms with Crippen LogP contribution in [0.5, 0.6) is 5.75 Å². The number of likely N-dealkylation sites (tertiary alicyclic amines) is 1. The van der Waals surface area contributed by atoms with E-state index in [1.807, 2.05) is 24.4 Å². The van der Waals surface area contributed by atoms with Gasteiger partial charge in [0.25, 0.3) is 0 Å². The number of aromatic nitrogens is 1. The van der Waals surface area contributed by atoms with Crippen molar-refractivity contribution in [2.45, 2.75) is 31.5 Å². The first-order chi connectivity index (χ1) is 11.4. The molecule has 1 aromatic carbocycles. The molecule has 0 aliphatic carbocycles. The maximum atomic E-state index is 12.5. The molecule has 2 aromatic rings. The number of nitrogens with one attached hydrogen (secondary N) is 1. The van der Waals surface area contributed by atoms with E-state index >= 15 is 0 Å². The maximum absolute atomic E-state index is 12.5. The Bertz CT molecular complexity index is 739. The van der Waals surface area contributed by atoms with Crippen LogP contribution in [0.1, 0.15) is 18.4 Å². The van der Waals surface area contributed by atoms with Crippen LogP contribution in [0.3, 0.4) is 0 Å². The summed E-state index contributed by atoms with van der Waals surface area (Å²) in [6, 6.07) is 5.63. The van der Waals surface area contributed by atoms with Gasteiger partial charge in [0.05, 0.1) is 13.7 Å². The number of nitrogens with zero attached hydrogens (tertiary/aromatic N) is 1. The molecule has 1 aliphatic heterocycles. The highest BCUT2D eigenvalue weighted by molar-refractivity contribution is 5.86. The highest BCUT2D eigenvalue weighted by Gasteiger charge is 2.40. The fourth-order valence-corrected chi connectivity index (χ4v) is 3.32. The van der Waals surface area contributed by atoms with Crippen LogP contribution in [0.4, 0.5) is 13.2 Å². The summed E-state index contributed by atoms with van der Waals surface area (Å²) < 4.78 is 42.7. The quantitative estimate of drug-likeness (QED) is 0.908. The first-order valence-corrected chi connectivity index (χ1v) is 7.86. The number of methoxy groups -OCH3 is 1. The molecular formula is C17H19F3N2O2. The zero-order valence-electron chi connectivity index (χ0n) is 13.3. The van der Waals surface area contributed by atoms with Crippen LogP contribution in [0, 0.1) is 0 Å². The summed E-state index contributed by atoms with van der Waals surface area (Å²) in [5, 5.41) is 1.00. The minimum atomic E-state index is -4.76. The van der Waals surface area contributed by atoms with Crippen LogP contribution in [0.25, 0.3) is 10.9 Å². The van der Waals surface area contributed by atoms with Crippen molar-refractivity contribution in [2.75, 3.05) is 20.2 Å². The molecule has 1 atom stereocenters. The number of ether oxygens (including phenoxy) is 1. The minimum Gasteiger partial charge on any atom is -0.497 e. The molecule has 1 aliphatic rings. The van der Waals surface area contributed by atoms with Crippen molar-refractivity contribution < 1.29 is 22.7 Å². The van der Waals surface area contributed by atoms with Crippen LogP contribution in [0.2, 0.25) is 0 Å². The summed E-state index contributed by atoms with van der Waals surface area (Å²) in [6.45, 7) is -0.0298. The van der Waals surface area contributed by atoms with Gasteiger partial charge in [0, 0.05) is 23.1 Å². The number of ketones is 1. The molecule has 0 radical (unpaired) electrons. The molecule has 24 heavy (non-hydrogen) atoms. The number of Topliss-reactive ketones (excluding diaryl/α,β-unsaturated/α-hetero) is 1.